The number of ether oxygens (including phenoxy) is 1. The SMILES string of the molecule is CCNc1nc(C(CC)OC)nc2sc(C)cc12. The summed E-state index contributed by atoms with van der Waals surface area (Å²) in [6, 6.07) is 2.13. The third-order valence-corrected chi connectivity index (χ3v) is 3.77. The number of aromatic nitrogens is 2. The monoisotopic (exact) mass is 265 g/mol. The molecule has 0 aliphatic rings. The van der Waals surface area contributed by atoms with Crippen LogP contribution in [0.3, 0.4) is 0 Å². The average Bonchev–Trinajstić information content (AvgIpc) is 2.72. The van der Waals surface area contributed by atoms with Gasteiger partial charge in [-0.25, -0.2) is 9.97 Å². The Morgan fingerprint density at radius 2 is 2.17 bits per heavy atom. The fourth-order valence-electron chi connectivity index (χ4n) is 1.96. The molecule has 0 aliphatic carbocycles. The van der Waals surface area contributed by atoms with Crippen molar-refractivity contribution in [3.8, 4) is 0 Å². The zero-order valence-corrected chi connectivity index (χ0v) is 12.1. The van der Waals surface area contributed by atoms with Crippen molar-refractivity contribution in [2.24, 2.45) is 0 Å². The lowest BCUT2D eigenvalue weighted by atomic mass is 10.2. The summed E-state index contributed by atoms with van der Waals surface area (Å²) in [5, 5.41) is 4.41. The molecule has 0 saturated carbocycles. The van der Waals surface area contributed by atoms with Crippen molar-refractivity contribution < 1.29 is 4.74 Å². The number of nitrogens with zero attached hydrogens (tertiary/aromatic N) is 2. The van der Waals surface area contributed by atoms with E-state index >= 15 is 0 Å². The van der Waals surface area contributed by atoms with Crippen LogP contribution in [0.25, 0.3) is 10.2 Å². The molecule has 0 bridgehead atoms. The topological polar surface area (TPSA) is 47.0 Å². The summed E-state index contributed by atoms with van der Waals surface area (Å²) >= 11 is 1.70. The van der Waals surface area contributed by atoms with Gasteiger partial charge in [0.05, 0.1) is 5.39 Å². The molecule has 0 radical (unpaired) electrons. The van der Waals surface area contributed by atoms with Gasteiger partial charge in [-0.2, -0.15) is 0 Å². The number of rotatable bonds is 5. The second kappa shape index (κ2) is 5.63. The van der Waals surface area contributed by atoms with E-state index in [1.54, 1.807) is 18.4 Å². The Balaban J connectivity index is 2.55. The minimum Gasteiger partial charge on any atom is -0.373 e. The van der Waals surface area contributed by atoms with Crippen LogP contribution in [0.4, 0.5) is 5.82 Å². The second-order valence-corrected chi connectivity index (χ2v) is 5.40. The Kier molecular flexibility index (Phi) is 4.14. The molecule has 1 atom stereocenters. The molecule has 1 N–H and O–H groups in total. The highest BCUT2D eigenvalue weighted by molar-refractivity contribution is 7.18. The van der Waals surface area contributed by atoms with Crippen LogP contribution in [0.15, 0.2) is 6.07 Å². The minimum atomic E-state index is -0.0331. The van der Waals surface area contributed by atoms with Crippen LogP contribution in [0.5, 0.6) is 0 Å². The van der Waals surface area contributed by atoms with Gasteiger partial charge >= 0.3 is 0 Å². The van der Waals surface area contributed by atoms with Crippen LogP contribution >= 0.6 is 11.3 Å². The summed E-state index contributed by atoms with van der Waals surface area (Å²) in [7, 11) is 1.70. The minimum absolute atomic E-state index is 0.0331. The number of anilines is 1. The first-order chi connectivity index (χ1) is 8.69. The zero-order valence-electron chi connectivity index (χ0n) is 11.3. The summed E-state index contributed by atoms with van der Waals surface area (Å²) in [6.45, 7) is 7.09. The Hall–Kier alpha value is -1.20. The smallest absolute Gasteiger partial charge is 0.161 e. The number of fused-ring (bicyclic) bond motifs is 1. The number of thiophene rings is 1. The van der Waals surface area contributed by atoms with Crippen molar-refractivity contribution >= 4 is 27.4 Å². The largest absolute Gasteiger partial charge is 0.373 e. The number of hydrogen-bond acceptors (Lipinski definition) is 5. The van der Waals surface area contributed by atoms with Gasteiger partial charge in [0.2, 0.25) is 0 Å². The molecule has 2 rings (SSSR count). The highest BCUT2D eigenvalue weighted by Gasteiger charge is 2.16. The first-order valence-corrected chi connectivity index (χ1v) is 7.06. The van der Waals surface area contributed by atoms with Gasteiger partial charge in [-0.1, -0.05) is 6.92 Å². The van der Waals surface area contributed by atoms with Crippen molar-refractivity contribution in [1.82, 2.24) is 9.97 Å². The maximum atomic E-state index is 5.43. The average molecular weight is 265 g/mol. The predicted octanol–water partition coefficient (Wildman–Crippen LogP) is 3.53. The fraction of sp³-hybridized carbons (Fsp3) is 0.538. The van der Waals surface area contributed by atoms with Gasteiger partial charge in [0.15, 0.2) is 5.82 Å². The molecular weight excluding hydrogens is 246 g/mol. The quantitative estimate of drug-likeness (QED) is 0.898. The highest BCUT2D eigenvalue weighted by atomic mass is 32.1. The van der Waals surface area contributed by atoms with Gasteiger partial charge in [0.1, 0.15) is 16.8 Å². The van der Waals surface area contributed by atoms with Crippen molar-refractivity contribution in [1.29, 1.82) is 0 Å². The number of hydrogen-bond donors (Lipinski definition) is 1. The van der Waals surface area contributed by atoms with Crippen molar-refractivity contribution in [3.63, 3.8) is 0 Å². The molecule has 2 aromatic rings. The summed E-state index contributed by atoms with van der Waals surface area (Å²) in [4.78, 5) is 11.5. The van der Waals surface area contributed by atoms with E-state index in [0.717, 1.165) is 34.8 Å². The number of methoxy groups -OCH3 is 1. The molecule has 1 unspecified atom stereocenters. The molecule has 0 aliphatic heterocycles. The maximum Gasteiger partial charge on any atom is 0.161 e. The lowest BCUT2D eigenvalue weighted by Crippen LogP contribution is -2.09. The van der Waals surface area contributed by atoms with E-state index in [-0.39, 0.29) is 6.10 Å². The van der Waals surface area contributed by atoms with Crippen LogP contribution < -0.4 is 5.32 Å². The predicted molar refractivity (Wildman–Crippen MR) is 76.4 cm³/mol. The number of nitrogens with one attached hydrogen (secondary N) is 1. The van der Waals surface area contributed by atoms with Crippen molar-refractivity contribution in [3.05, 3.63) is 16.8 Å². The van der Waals surface area contributed by atoms with Crippen LogP contribution in [0, 0.1) is 6.92 Å². The molecule has 98 valence electrons. The summed E-state index contributed by atoms with van der Waals surface area (Å²) in [5.74, 6) is 1.68. The van der Waals surface area contributed by atoms with Crippen LogP contribution in [-0.2, 0) is 4.74 Å². The van der Waals surface area contributed by atoms with E-state index in [4.69, 9.17) is 4.74 Å². The third kappa shape index (κ3) is 2.47. The van der Waals surface area contributed by atoms with Gasteiger partial charge in [0.25, 0.3) is 0 Å². The summed E-state index contributed by atoms with van der Waals surface area (Å²) < 4.78 is 5.43. The van der Waals surface area contributed by atoms with E-state index < -0.39 is 0 Å². The standard InChI is InChI=1S/C13H19N3OS/c1-5-10(17-4)12-15-11(14-6-2)9-7-8(3)18-13(9)16-12/h7,10H,5-6H2,1-4H3,(H,14,15,16). The Morgan fingerprint density at radius 3 is 2.78 bits per heavy atom. The molecule has 0 spiro atoms. The molecule has 2 aromatic heterocycles. The third-order valence-electron chi connectivity index (χ3n) is 2.82. The second-order valence-electron chi connectivity index (χ2n) is 4.17. The first-order valence-electron chi connectivity index (χ1n) is 6.24. The molecular formula is C13H19N3OS. The van der Waals surface area contributed by atoms with Gasteiger partial charge in [-0.3, -0.25) is 0 Å². The Bertz CT molecular complexity index is 534. The summed E-state index contributed by atoms with van der Waals surface area (Å²) in [6.07, 6.45) is 0.840. The Morgan fingerprint density at radius 1 is 1.39 bits per heavy atom. The molecule has 0 fully saturated rings. The van der Waals surface area contributed by atoms with E-state index in [9.17, 15) is 0 Å². The lowest BCUT2D eigenvalue weighted by Gasteiger charge is -2.13. The van der Waals surface area contributed by atoms with Crippen LogP contribution in [0.2, 0.25) is 0 Å². The van der Waals surface area contributed by atoms with E-state index in [1.807, 2.05) is 0 Å². The van der Waals surface area contributed by atoms with Gasteiger partial charge in [-0.15, -0.1) is 11.3 Å². The molecule has 4 nitrogen and oxygen atoms in total. The van der Waals surface area contributed by atoms with E-state index in [0.29, 0.717) is 0 Å². The maximum absolute atomic E-state index is 5.43. The molecule has 0 amide bonds. The van der Waals surface area contributed by atoms with Crippen LogP contribution in [0.1, 0.15) is 37.1 Å². The molecule has 0 saturated heterocycles. The van der Waals surface area contributed by atoms with Gasteiger partial charge < -0.3 is 10.1 Å². The Labute approximate surface area is 111 Å². The number of aryl methyl sites for hydroxylation is 1. The normalized spacial score (nSPS) is 12.9. The lowest BCUT2D eigenvalue weighted by molar-refractivity contribution is 0.0930. The first kappa shape index (κ1) is 13.2. The van der Waals surface area contributed by atoms with Crippen molar-refractivity contribution in [2.75, 3.05) is 19.0 Å². The molecule has 18 heavy (non-hydrogen) atoms. The van der Waals surface area contributed by atoms with Gasteiger partial charge in [-0.05, 0) is 26.3 Å². The molecule has 5 heteroatoms. The molecule has 0 aromatic carbocycles. The van der Waals surface area contributed by atoms with Gasteiger partial charge in [0, 0.05) is 18.5 Å². The van der Waals surface area contributed by atoms with E-state index in [2.05, 4.69) is 42.1 Å². The van der Waals surface area contributed by atoms with Crippen molar-refractivity contribution in [2.45, 2.75) is 33.3 Å². The fourth-order valence-corrected chi connectivity index (χ4v) is 2.85. The van der Waals surface area contributed by atoms with Crippen LogP contribution in [-0.4, -0.2) is 23.6 Å². The highest BCUT2D eigenvalue weighted by Crippen LogP contribution is 2.30. The zero-order chi connectivity index (χ0) is 13.1. The molecule has 2 heterocycles. The summed E-state index contributed by atoms with van der Waals surface area (Å²) in [5.41, 5.74) is 0. The van der Waals surface area contributed by atoms with E-state index in [1.165, 1.54) is 4.88 Å².